The summed E-state index contributed by atoms with van der Waals surface area (Å²) in [6.07, 6.45) is 2.79. The summed E-state index contributed by atoms with van der Waals surface area (Å²) >= 11 is 0. The van der Waals surface area contributed by atoms with Gasteiger partial charge in [0.25, 0.3) is 0 Å². The highest BCUT2D eigenvalue weighted by molar-refractivity contribution is 5.86. The van der Waals surface area contributed by atoms with Crippen molar-refractivity contribution in [1.82, 2.24) is 15.0 Å². The molecule has 0 saturated carbocycles. The van der Waals surface area contributed by atoms with Gasteiger partial charge < -0.3 is 16.2 Å². The van der Waals surface area contributed by atoms with Gasteiger partial charge in [-0.15, -0.1) is 0 Å². The number of rotatable bonds is 5. The molecule has 0 amide bonds. The predicted molar refractivity (Wildman–Crippen MR) is 71.1 cm³/mol. The number of halogens is 1. The van der Waals surface area contributed by atoms with Crippen LogP contribution in [0.25, 0.3) is 11.0 Å². The van der Waals surface area contributed by atoms with Crippen LogP contribution in [0.15, 0.2) is 12.3 Å². The van der Waals surface area contributed by atoms with Gasteiger partial charge in [-0.3, -0.25) is 0 Å². The van der Waals surface area contributed by atoms with Crippen LogP contribution in [0.1, 0.15) is 19.8 Å². The molecule has 0 bridgehead atoms. The number of aliphatic hydroxyl groups excluding tert-OH is 1. The number of hydrogen-bond acceptors (Lipinski definition) is 6. The zero-order valence-electron chi connectivity index (χ0n) is 10.6. The molecule has 0 aliphatic rings. The third-order valence-corrected chi connectivity index (χ3v) is 2.72. The van der Waals surface area contributed by atoms with E-state index in [9.17, 15) is 9.50 Å². The Morgan fingerprint density at radius 3 is 2.95 bits per heavy atom. The summed E-state index contributed by atoms with van der Waals surface area (Å²) in [5, 5.41) is 12.4. The Kier molecular flexibility index (Phi) is 4.06. The summed E-state index contributed by atoms with van der Waals surface area (Å²) in [5.74, 6) is -0.0330. The highest BCUT2D eigenvalue weighted by Crippen LogP contribution is 2.20. The van der Waals surface area contributed by atoms with Crippen molar-refractivity contribution in [2.75, 3.05) is 17.7 Å². The van der Waals surface area contributed by atoms with E-state index in [-0.39, 0.29) is 18.6 Å². The molecule has 2 heterocycles. The van der Waals surface area contributed by atoms with Crippen molar-refractivity contribution in [2.24, 2.45) is 0 Å². The van der Waals surface area contributed by atoms with Crippen LogP contribution < -0.4 is 11.1 Å². The summed E-state index contributed by atoms with van der Waals surface area (Å²) in [4.78, 5) is 12.0. The molecule has 0 saturated heterocycles. The van der Waals surface area contributed by atoms with Crippen LogP contribution >= 0.6 is 0 Å². The lowest BCUT2D eigenvalue weighted by Gasteiger charge is -2.16. The molecule has 2 aromatic heterocycles. The van der Waals surface area contributed by atoms with Crippen molar-refractivity contribution in [3.63, 3.8) is 0 Å². The monoisotopic (exact) mass is 265 g/mol. The first-order valence-electron chi connectivity index (χ1n) is 6.10. The van der Waals surface area contributed by atoms with Crippen LogP contribution in [0.2, 0.25) is 0 Å². The van der Waals surface area contributed by atoms with Crippen molar-refractivity contribution in [3.8, 4) is 0 Å². The van der Waals surface area contributed by atoms with E-state index in [0.29, 0.717) is 16.9 Å². The largest absolute Gasteiger partial charge is 0.394 e. The van der Waals surface area contributed by atoms with Gasteiger partial charge in [0.2, 0.25) is 5.95 Å². The summed E-state index contributed by atoms with van der Waals surface area (Å²) in [6, 6.07) is 1.11. The minimum absolute atomic E-state index is 0.0273. The van der Waals surface area contributed by atoms with Crippen LogP contribution in [0.3, 0.4) is 0 Å². The van der Waals surface area contributed by atoms with Gasteiger partial charge >= 0.3 is 0 Å². The average molecular weight is 265 g/mol. The number of pyridine rings is 1. The number of nitrogens with zero attached hydrogens (tertiary/aromatic N) is 3. The molecule has 0 aliphatic carbocycles. The topological polar surface area (TPSA) is 97.0 Å². The molecule has 102 valence electrons. The maximum atomic E-state index is 13.1. The second-order valence-electron chi connectivity index (χ2n) is 4.26. The Bertz CT molecular complexity index is 572. The third kappa shape index (κ3) is 3.05. The lowest BCUT2D eigenvalue weighted by molar-refractivity contribution is 0.268. The zero-order valence-corrected chi connectivity index (χ0v) is 10.6. The van der Waals surface area contributed by atoms with E-state index in [4.69, 9.17) is 5.73 Å². The molecule has 0 fully saturated rings. The van der Waals surface area contributed by atoms with E-state index in [0.717, 1.165) is 19.0 Å². The second-order valence-corrected chi connectivity index (χ2v) is 4.26. The fraction of sp³-hybridized carbons (Fsp3) is 0.417. The van der Waals surface area contributed by atoms with Crippen molar-refractivity contribution in [2.45, 2.75) is 25.8 Å². The molecule has 7 heteroatoms. The van der Waals surface area contributed by atoms with Gasteiger partial charge in [0.05, 0.1) is 24.4 Å². The number of nitrogen functional groups attached to an aromatic ring is 1. The minimum atomic E-state index is -0.483. The van der Waals surface area contributed by atoms with Gasteiger partial charge in [0.15, 0.2) is 5.82 Å². The van der Waals surface area contributed by atoms with Gasteiger partial charge in [0, 0.05) is 6.07 Å². The highest BCUT2D eigenvalue weighted by Gasteiger charge is 2.13. The molecular formula is C12H16FN5O. The highest BCUT2D eigenvalue weighted by atomic mass is 19.1. The summed E-state index contributed by atoms with van der Waals surface area (Å²) in [7, 11) is 0. The first kappa shape index (κ1) is 13.4. The maximum Gasteiger partial charge on any atom is 0.222 e. The molecule has 1 unspecified atom stereocenters. The number of aliphatic hydroxyl groups is 1. The maximum absolute atomic E-state index is 13.1. The van der Waals surface area contributed by atoms with Crippen molar-refractivity contribution in [3.05, 3.63) is 18.1 Å². The van der Waals surface area contributed by atoms with Crippen molar-refractivity contribution in [1.29, 1.82) is 0 Å². The van der Waals surface area contributed by atoms with E-state index in [1.165, 1.54) is 6.07 Å². The Hall–Kier alpha value is -2.02. The van der Waals surface area contributed by atoms with Crippen LogP contribution in [0.5, 0.6) is 0 Å². The Morgan fingerprint density at radius 2 is 2.26 bits per heavy atom. The van der Waals surface area contributed by atoms with Crippen LogP contribution in [-0.4, -0.2) is 32.7 Å². The molecule has 2 rings (SSSR count). The third-order valence-electron chi connectivity index (χ3n) is 2.72. The van der Waals surface area contributed by atoms with Gasteiger partial charge in [-0.2, -0.15) is 4.98 Å². The smallest absolute Gasteiger partial charge is 0.222 e. The molecule has 0 radical (unpaired) electrons. The first-order valence-corrected chi connectivity index (χ1v) is 6.10. The molecule has 0 spiro atoms. The van der Waals surface area contributed by atoms with Gasteiger partial charge in [0.1, 0.15) is 11.3 Å². The van der Waals surface area contributed by atoms with Crippen molar-refractivity contribution >= 4 is 22.8 Å². The molecule has 19 heavy (non-hydrogen) atoms. The zero-order chi connectivity index (χ0) is 13.8. The van der Waals surface area contributed by atoms with E-state index in [2.05, 4.69) is 20.3 Å². The normalized spacial score (nSPS) is 12.6. The molecule has 2 aromatic rings. The fourth-order valence-corrected chi connectivity index (χ4v) is 1.86. The van der Waals surface area contributed by atoms with Gasteiger partial charge in [-0.25, -0.2) is 14.4 Å². The SMILES string of the molecule is CCCC(CO)Nc1nc(N)nc2cc(F)cnc12. The molecule has 0 aromatic carbocycles. The average Bonchev–Trinajstić information content (AvgIpc) is 2.37. The summed E-state index contributed by atoms with van der Waals surface area (Å²) < 4.78 is 13.1. The number of aromatic nitrogens is 3. The molecule has 1 atom stereocenters. The lowest BCUT2D eigenvalue weighted by Crippen LogP contribution is -2.24. The number of nitrogens with two attached hydrogens (primary N) is 1. The number of anilines is 2. The lowest BCUT2D eigenvalue weighted by atomic mass is 10.2. The van der Waals surface area contributed by atoms with Crippen LogP contribution in [-0.2, 0) is 0 Å². The van der Waals surface area contributed by atoms with Crippen LogP contribution in [0.4, 0.5) is 16.2 Å². The van der Waals surface area contributed by atoms with Gasteiger partial charge in [-0.1, -0.05) is 13.3 Å². The Balaban J connectivity index is 2.41. The first-order chi connectivity index (χ1) is 9.13. The summed E-state index contributed by atoms with van der Waals surface area (Å²) in [5.41, 5.74) is 6.36. The fourth-order valence-electron chi connectivity index (χ4n) is 1.86. The molecular weight excluding hydrogens is 249 g/mol. The number of fused-ring (bicyclic) bond motifs is 1. The van der Waals surface area contributed by atoms with E-state index < -0.39 is 5.82 Å². The van der Waals surface area contributed by atoms with Gasteiger partial charge in [-0.05, 0) is 6.42 Å². The molecule has 4 N–H and O–H groups in total. The molecule has 0 aliphatic heterocycles. The Labute approximate surface area is 109 Å². The number of nitrogens with one attached hydrogen (secondary N) is 1. The Morgan fingerprint density at radius 1 is 1.47 bits per heavy atom. The van der Waals surface area contributed by atoms with Crippen molar-refractivity contribution < 1.29 is 9.50 Å². The summed E-state index contributed by atoms with van der Waals surface area (Å²) in [6.45, 7) is 1.99. The van der Waals surface area contributed by atoms with Crippen LogP contribution in [0, 0.1) is 5.82 Å². The van der Waals surface area contributed by atoms with E-state index in [1.807, 2.05) is 6.92 Å². The quantitative estimate of drug-likeness (QED) is 0.754. The standard InChI is InChI=1S/C12H16FN5O/c1-2-3-8(6-19)16-11-10-9(17-12(14)18-11)4-7(13)5-15-10/h4-5,8,19H,2-3,6H2,1H3,(H3,14,16,17,18). The second kappa shape index (κ2) is 5.75. The predicted octanol–water partition coefficient (Wildman–Crippen LogP) is 1.32. The number of hydrogen-bond donors (Lipinski definition) is 3. The van der Waals surface area contributed by atoms with E-state index in [1.54, 1.807) is 0 Å². The molecule has 6 nitrogen and oxygen atoms in total. The minimum Gasteiger partial charge on any atom is -0.394 e. The van der Waals surface area contributed by atoms with E-state index >= 15 is 0 Å².